The van der Waals surface area contributed by atoms with E-state index in [1.54, 1.807) is 14.2 Å². The van der Waals surface area contributed by atoms with Gasteiger partial charge in [-0.1, -0.05) is 0 Å². The average Bonchev–Trinajstić information content (AvgIpc) is 2.15. The molecule has 0 spiro atoms. The lowest BCUT2D eigenvalue weighted by molar-refractivity contribution is -0.121. The molecule has 0 saturated heterocycles. The Labute approximate surface area is 80.4 Å². The third-order valence-electron chi connectivity index (χ3n) is 1.95. The summed E-state index contributed by atoms with van der Waals surface area (Å²) in [5.41, 5.74) is 0. The van der Waals surface area contributed by atoms with Gasteiger partial charge < -0.3 is 14.8 Å². The number of rotatable bonds is 6. The zero-order chi connectivity index (χ0) is 10.3. The van der Waals surface area contributed by atoms with Crippen LogP contribution in [0.3, 0.4) is 0 Å². The summed E-state index contributed by atoms with van der Waals surface area (Å²) in [5, 5.41) is 2.83. The van der Waals surface area contributed by atoms with Crippen LogP contribution in [-0.4, -0.2) is 46.7 Å². The number of amides is 1. The second-order valence-corrected chi connectivity index (χ2v) is 2.92. The number of carbonyl (C=O) groups is 1. The number of hydrogen-bond donors (Lipinski definition) is 1. The molecule has 0 saturated carbocycles. The van der Waals surface area contributed by atoms with E-state index in [0.717, 1.165) is 0 Å². The predicted molar refractivity (Wildman–Crippen MR) is 53.6 cm³/mol. The summed E-state index contributed by atoms with van der Waals surface area (Å²) in [7, 11) is 5.04. The molecule has 0 bridgehead atoms. The van der Waals surface area contributed by atoms with E-state index in [0.29, 0.717) is 12.9 Å². The first kappa shape index (κ1) is 12.5. The first-order valence-electron chi connectivity index (χ1n) is 4.46. The average molecular weight is 187 g/mol. The molecule has 1 amide bonds. The van der Waals surface area contributed by atoms with Crippen LogP contribution in [0.5, 0.6) is 0 Å². The van der Waals surface area contributed by atoms with Crippen LogP contribution in [0.25, 0.3) is 0 Å². The van der Waals surface area contributed by atoms with Crippen LogP contribution < -0.4 is 5.32 Å². The van der Waals surface area contributed by atoms with Crippen molar-refractivity contribution in [3.8, 4) is 0 Å². The molecule has 1 N–H and O–H groups in total. The first-order valence-corrected chi connectivity index (χ1v) is 4.46. The molecule has 0 rings (SSSR count). The molecule has 0 fully saturated rings. The maximum atomic E-state index is 11.1. The minimum Gasteiger partial charge on any atom is -0.382 e. The standard InChI is InChI=1S/C8H18BNO3/c1-6(13-3)7(5-12-2)10-8(11)4-9/h6-7H,4-5,9H2,1-3H3,(H,10,11)/t6-,7?/m1/s1. The van der Waals surface area contributed by atoms with Crippen molar-refractivity contribution in [2.75, 3.05) is 20.8 Å². The third-order valence-corrected chi connectivity index (χ3v) is 1.95. The fourth-order valence-corrected chi connectivity index (χ4v) is 0.947. The zero-order valence-electron chi connectivity index (χ0n) is 8.79. The topological polar surface area (TPSA) is 47.6 Å². The van der Waals surface area contributed by atoms with Gasteiger partial charge in [0.15, 0.2) is 0 Å². The van der Waals surface area contributed by atoms with Gasteiger partial charge in [0.05, 0.1) is 18.8 Å². The molecular formula is C8H18BNO3. The van der Waals surface area contributed by atoms with Gasteiger partial charge in [0.25, 0.3) is 0 Å². The molecule has 0 aromatic rings. The maximum Gasteiger partial charge on any atom is 0.212 e. The van der Waals surface area contributed by atoms with Gasteiger partial charge in [-0.05, 0) is 13.2 Å². The second-order valence-electron chi connectivity index (χ2n) is 2.92. The van der Waals surface area contributed by atoms with Crippen LogP contribution in [-0.2, 0) is 14.3 Å². The molecule has 0 radical (unpaired) electrons. The first-order chi connectivity index (χ1) is 6.15. The van der Waals surface area contributed by atoms with Crippen LogP contribution >= 0.6 is 0 Å². The normalized spacial score (nSPS) is 15.0. The molecule has 1 unspecified atom stereocenters. The molecular weight excluding hydrogens is 169 g/mol. The highest BCUT2D eigenvalue weighted by Crippen LogP contribution is 1.98. The Morgan fingerprint density at radius 3 is 2.54 bits per heavy atom. The van der Waals surface area contributed by atoms with E-state index in [1.165, 1.54) is 0 Å². The number of carbonyl (C=O) groups excluding carboxylic acids is 1. The minimum atomic E-state index is -0.0672. The largest absolute Gasteiger partial charge is 0.382 e. The highest BCUT2D eigenvalue weighted by Gasteiger charge is 2.17. The van der Waals surface area contributed by atoms with Crippen LogP contribution in [0, 0.1) is 0 Å². The van der Waals surface area contributed by atoms with Crippen molar-refractivity contribution in [3.63, 3.8) is 0 Å². The lowest BCUT2D eigenvalue weighted by Gasteiger charge is -2.23. The fourth-order valence-electron chi connectivity index (χ4n) is 0.947. The number of methoxy groups -OCH3 is 2. The highest BCUT2D eigenvalue weighted by atomic mass is 16.5. The van der Waals surface area contributed by atoms with Gasteiger partial charge in [-0.15, -0.1) is 0 Å². The van der Waals surface area contributed by atoms with Crippen molar-refractivity contribution >= 4 is 13.8 Å². The Kier molecular flexibility index (Phi) is 6.63. The molecule has 0 aliphatic rings. The molecule has 76 valence electrons. The van der Waals surface area contributed by atoms with Crippen molar-refractivity contribution < 1.29 is 14.3 Å². The summed E-state index contributed by atoms with van der Waals surface area (Å²) in [6.45, 7) is 2.38. The molecule has 2 atom stereocenters. The van der Waals surface area contributed by atoms with Crippen molar-refractivity contribution in [3.05, 3.63) is 0 Å². The minimum absolute atomic E-state index is 0.0194. The summed E-state index contributed by atoms with van der Waals surface area (Å²) in [6.07, 6.45) is 0.451. The van der Waals surface area contributed by atoms with Gasteiger partial charge in [0, 0.05) is 14.2 Å². The summed E-state index contributed by atoms with van der Waals surface area (Å²) < 4.78 is 10.1. The number of ether oxygens (including phenoxy) is 2. The van der Waals surface area contributed by atoms with Gasteiger partial charge in [0.2, 0.25) is 5.91 Å². The van der Waals surface area contributed by atoms with Gasteiger partial charge in [-0.25, -0.2) is 0 Å². The van der Waals surface area contributed by atoms with Gasteiger partial charge in [0.1, 0.15) is 7.85 Å². The molecule has 5 heteroatoms. The molecule has 4 nitrogen and oxygen atoms in total. The van der Waals surface area contributed by atoms with Gasteiger partial charge >= 0.3 is 0 Å². The van der Waals surface area contributed by atoms with Crippen molar-refractivity contribution in [2.24, 2.45) is 0 Å². The second kappa shape index (κ2) is 6.92. The molecule has 0 aromatic heterocycles. The van der Waals surface area contributed by atoms with E-state index in [2.05, 4.69) is 5.32 Å². The number of nitrogens with one attached hydrogen (secondary N) is 1. The lowest BCUT2D eigenvalue weighted by atomic mass is 10.0. The Bertz CT molecular complexity index is 154. The predicted octanol–water partition coefficient (Wildman–Crippen LogP) is -0.796. The molecule has 13 heavy (non-hydrogen) atoms. The van der Waals surface area contributed by atoms with E-state index < -0.39 is 0 Å². The lowest BCUT2D eigenvalue weighted by Crippen LogP contribution is -2.45. The molecule has 0 aliphatic carbocycles. The molecule has 0 heterocycles. The SMILES string of the molecule is BCC(=O)NC(COC)[C@@H](C)OC. The van der Waals surface area contributed by atoms with Crippen LogP contribution in [0.2, 0.25) is 6.32 Å². The van der Waals surface area contributed by atoms with Crippen LogP contribution in [0.1, 0.15) is 6.92 Å². The van der Waals surface area contributed by atoms with Gasteiger partial charge in [-0.2, -0.15) is 0 Å². The highest BCUT2D eigenvalue weighted by molar-refractivity contribution is 6.19. The Morgan fingerprint density at radius 1 is 1.54 bits per heavy atom. The maximum absolute atomic E-state index is 11.1. The molecule has 0 aromatic carbocycles. The summed E-state index contributed by atoms with van der Waals surface area (Å²) >= 11 is 0. The van der Waals surface area contributed by atoms with Crippen molar-refractivity contribution in [2.45, 2.75) is 25.4 Å². The quantitative estimate of drug-likeness (QED) is 0.554. The smallest absolute Gasteiger partial charge is 0.212 e. The van der Waals surface area contributed by atoms with E-state index >= 15 is 0 Å². The van der Waals surface area contributed by atoms with E-state index in [1.807, 2.05) is 14.8 Å². The Hall–Kier alpha value is -0.545. The Balaban J connectivity index is 4.00. The summed E-state index contributed by atoms with van der Waals surface area (Å²) in [6, 6.07) is -0.0672. The van der Waals surface area contributed by atoms with Gasteiger partial charge in [-0.3, -0.25) is 4.79 Å². The zero-order valence-corrected chi connectivity index (χ0v) is 8.79. The summed E-state index contributed by atoms with van der Waals surface area (Å²) in [5.74, 6) is 0.0194. The third kappa shape index (κ3) is 4.90. The van der Waals surface area contributed by atoms with Crippen LogP contribution in [0.15, 0.2) is 0 Å². The van der Waals surface area contributed by atoms with E-state index in [-0.39, 0.29) is 18.1 Å². The van der Waals surface area contributed by atoms with Crippen molar-refractivity contribution in [1.29, 1.82) is 0 Å². The summed E-state index contributed by atoms with van der Waals surface area (Å²) in [4.78, 5) is 11.1. The fraction of sp³-hybridized carbons (Fsp3) is 0.875. The molecule has 0 aliphatic heterocycles. The Morgan fingerprint density at radius 2 is 2.15 bits per heavy atom. The van der Waals surface area contributed by atoms with E-state index in [9.17, 15) is 4.79 Å². The number of hydrogen-bond acceptors (Lipinski definition) is 3. The monoisotopic (exact) mass is 187 g/mol. The van der Waals surface area contributed by atoms with Crippen molar-refractivity contribution in [1.82, 2.24) is 5.32 Å². The van der Waals surface area contributed by atoms with E-state index in [4.69, 9.17) is 9.47 Å². The van der Waals surface area contributed by atoms with Crippen LogP contribution in [0.4, 0.5) is 0 Å².